The molecule has 24 heavy (non-hydrogen) atoms. The molecule has 0 aliphatic heterocycles. The van der Waals surface area contributed by atoms with Crippen molar-refractivity contribution < 1.29 is 18.7 Å². The molecule has 0 saturated heterocycles. The van der Waals surface area contributed by atoms with Crippen LogP contribution in [0.4, 0.5) is 0 Å². The minimum absolute atomic E-state index is 0.0269. The summed E-state index contributed by atoms with van der Waals surface area (Å²) in [4.78, 5) is 23.1. The summed E-state index contributed by atoms with van der Waals surface area (Å²) in [7, 11) is 0. The first-order chi connectivity index (χ1) is 11.5. The molecule has 0 saturated carbocycles. The number of carbonyl (C=O) groups excluding carboxylic acids is 2. The van der Waals surface area contributed by atoms with Gasteiger partial charge in [-0.15, -0.1) is 0 Å². The summed E-state index contributed by atoms with van der Waals surface area (Å²) in [6.45, 7) is 5.74. The van der Waals surface area contributed by atoms with Crippen molar-refractivity contribution in [3.63, 3.8) is 0 Å². The molecule has 0 fully saturated rings. The lowest BCUT2D eigenvalue weighted by Crippen LogP contribution is -2.26. The van der Waals surface area contributed by atoms with Crippen LogP contribution in [0.1, 0.15) is 54.6 Å². The lowest BCUT2D eigenvalue weighted by atomic mass is 10.1. The summed E-state index contributed by atoms with van der Waals surface area (Å²) in [6, 6.07) is 10.6. The van der Waals surface area contributed by atoms with Gasteiger partial charge in [-0.05, 0) is 63.6 Å². The molecule has 0 spiro atoms. The Morgan fingerprint density at radius 1 is 1.17 bits per heavy atom. The molecule has 1 heterocycles. The van der Waals surface area contributed by atoms with Gasteiger partial charge in [0, 0.05) is 12.0 Å². The molecule has 0 aliphatic rings. The SMILES string of the molecule is CC(=O)c1ccc(OCCCC(=O)NC(C)c2ccc(C)o2)cc1. The highest BCUT2D eigenvalue weighted by Gasteiger charge is 2.12. The number of rotatable bonds is 8. The van der Waals surface area contributed by atoms with Crippen molar-refractivity contribution in [1.29, 1.82) is 0 Å². The quantitative estimate of drug-likeness (QED) is 0.590. The Balaban J connectivity index is 1.68. The topological polar surface area (TPSA) is 68.5 Å². The van der Waals surface area contributed by atoms with Crippen LogP contribution < -0.4 is 10.1 Å². The molecule has 1 aromatic heterocycles. The van der Waals surface area contributed by atoms with Crippen molar-refractivity contribution in [2.75, 3.05) is 6.61 Å². The summed E-state index contributed by atoms with van der Waals surface area (Å²) in [5.41, 5.74) is 0.656. The van der Waals surface area contributed by atoms with Gasteiger partial charge in [0.15, 0.2) is 5.78 Å². The van der Waals surface area contributed by atoms with Crippen LogP contribution in [-0.2, 0) is 4.79 Å². The first-order valence-electron chi connectivity index (χ1n) is 8.05. The predicted octanol–water partition coefficient (Wildman–Crippen LogP) is 3.83. The van der Waals surface area contributed by atoms with Gasteiger partial charge in [0.1, 0.15) is 17.3 Å². The van der Waals surface area contributed by atoms with Gasteiger partial charge in [-0.2, -0.15) is 0 Å². The maximum absolute atomic E-state index is 11.9. The van der Waals surface area contributed by atoms with E-state index < -0.39 is 0 Å². The van der Waals surface area contributed by atoms with E-state index in [-0.39, 0.29) is 17.7 Å². The molecule has 0 radical (unpaired) electrons. The second-order valence-electron chi connectivity index (χ2n) is 5.77. The zero-order chi connectivity index (χ0) is 17.5. The summed E-state index contributed by atoms with van der Waals surface area (Å²) in [6.07, 6.45) is 1.000. The molecule has 5 heteroatoms. The van der Waals surface area contributed by atoms with Gasteiger partial charge in [0.2, 0.25) is 5.91 Å². The summed E-state index contributed by atoms with van der Waals surface area (Å²) < 4.78 is 11.1. The molecule has 1 amide bonds. The van der Waals surface area contributed by atoms with E-state index in [0.717, 1.165) is 11.5 Å². The lowest BCUT2D eigenvalue weighted by molar-refractivity contribution is -0.122. The lowest BCUT2D eigenvalue weighted by Gasteiger charge is -2.12. The van der Waals surface area contributed by atoms with Crippen LogP contribution in [0.5, 0.6) is 5.75 Å². The monoisotopic (exact) mass is 329 g/mol. The van der Waals surface area contributed by atoms with Crippen molar-refractivity contribution in [2.24, 2.45) is 0 Å². The standard InChI is InChI=1S/C19H23NO4/c1-13-6-11-18(24-13)14(2)20-19(22)5-4-12-23-17-9-7-16(8-10-17)15(3)21/h6-11,14H,4-5,12H2,1-3H3,(H,20,22). The molecular weight excluding hydrogens is 306 g/mol. The van der Waals surface area contributed by atoms with Crippen molar-refractivity contribution in [2.45, 2.75) is 39.7 Å². The number of ether oxygens (including phenoxy) is 1. The Hall–Kier alpha value is -2.56. The van der Waals surface area contributed by atoms with Gasteiger partial charge in [0.05, 0.1) is 12.6 Å². The number of hydrogen-bond donors (Lipinski definition) is 1. The largest absolute Gasteiger partial charge is 0.494 e. The van der Waals surface area contributed by atoms with Gasteiger partial charge < -0.3 is 14.5 Å². The maximum atomic E-state index is 11.9. The highest BCUT2D eigenvalue weighted by Crippen LogP contribution is 2.16. The van der Waals surface area contributed by atoms with Crippen LogP contribution in [0.15, 0.2) is 40.8 Å². The van der Waals surface area contributed by atoms with Crippen molar-refractivity contribution in [1.82, 2.24) is 5.32 Å². The molecule has 1 aromatic carbocycles. The Morgan fingerprint density at radius 3 is 2.46 bits per heavy atom. The van der Waals surface area contributed by atoms with E-state index >= 15 is 0 Å². The fraction of sp³-hybridized carbons (Fsp3) is 0.368. The molecule has 2 aromatic rings. The number of hydrogen-bond acceptors (Lipinski definition) is 4. The first-order valence-corrected chi connectivity index (χ1v) is 8.05. The molecule has 1 atom stereocenters. The average molecular weight is 329 g/mol. The van der Waals surface area contributed by atoms with E-state index in [4.69, 9.17) is 9.15 Å². The fourth-order valence-corrected chi connectivity index (χ4v) is 2.28. The van der Waals surface area contributed by atoms with Gasteiger partial charge in [-0.25, -0.2) is 0 Å². The van der Waals surface area contributed by atoms with Gasteiger partial charge in [0.25, 0.3) is 0 Å². The molecule has 0 aliphatic carbocycles. The zero-order valence-corrected chi connectivity index (χ0v) is 14.3. The number of aryl methyl sites for hydroxylation is 1. The Labute approximate surface area is 142 Å². The van der Waals surface area contributed by atoms with Crippen LogP contribution in [-0.4, -0.2) is 18.3 Å². The molecular formula is C19H23NO4. The third kappa shape index (κ3) is 5.26. The van der Waals surface area contributed by atoms with Gasteiger partial charge >= 0.3 is 0 Å². The van der Waals surface area contributed by atoms with Gasteiger partial charge in [-0.3, -0.25) is 9.59 Å². The van der Waals surface area contributed by atoms with E-state index in [1.54, 1.807) is 24.3 Å². The van der Waals surface area contributed by atoms with E-state index in [1.807, 2.05) is 26.0 Å². The normalized spacial score (nSPS) is 11.8. The minimum Gasteiger partial charge on any atom is -0.494 e. The summed E-state index contributed by atoms with van der Waals surface area (Å²) >= 11 is 0. The second-order valence-corrected chi connectivity index (χ2v) is 5.77. The smallest absolute Gasteiger partial charge is 0.220 e. The third-order valence-corrected chi connectivity index (χ3v) is 3.64. The highest BCUT2D eigenvalue weighted by molar-refractivity contribution is 5.94. The van der Waals surface area contributed by atoms with E-state index in [1.165, 1.54) is 6.92 Å². The fourth-order valence-electron chi connectivity index (χ4n) is 2.28. The summed E-state index contributed by atoms with van der Waals surface area (Å²) in [5.74, 6) is 2.27. The second kappa shape index (κ2) is 8.34. The third-order valence-electron chi connectivity index (χ3n) is 3.64. The van der Waals surface area contributed by atoms with Crippen LogP contribution in [0.25, 0.3) is 0 Å². The van der Waals surface area contributed by atoms with E-state index in [2.05, 4.69) is 5.32 Å². The maximum Gasteiger partial charge on any atom is 0.220 e. The number of nitrogens with one attached hydrogen (secondary N) is 1. The van der Waals surface area contributed by atoms with Crippen LogP contribution in [0, 0.1) is 6.92 Å². The van der Waals surface area contributed by atoms with Crippen molar-refractivity contribution >= 4 is 11.7 Å². The molecule has 0 bridgehead atoms. The van der Waals surface area contributed by atoms with Crippen molar-refractivity contribution in [3.8, 4) is 5.75 Å². The average Bonchev–Trinajstić information content (AvgIpc) is 2.98. The van der Waals surface area contributed by atoms with Crippen LogP contribution >= 0.6 is 0 Å². The number of Topliss-reactive ketones (excluding diaryl/α,β-unsaturated/α-hetero) is 1. The number of benzene rings is 1. The van der Waals surface area contributed by atoms with Gasteiger partial charge in [-0.1, -0.05) is 0 Å². The van der Waals surface area contributed by atoms with Crippen LogP contribution in [0.3, 0.4) is 0 Å². The van der Waals surface area contributed by atoms with Crippen molar-refractivity contribution in [3.05, 3.63) is 53.5 Å². The highest BCUT2D eigenvalue weighted by atomic mass is 16.5. The number of carbonyl (C=O) groups is 2. The Kier molecular flexibility index (Phi) is 6.18. The Morgan fingerprint density at radius 2 is 1.88 bits per heavy atom. The van der Waals surface area contributed by atoms with E-state index in [0.29, 0.717) is 30.8 Å². The van der Waals surface area contributed by atoms with Crippen LogP contribution in [0.2, 0.25) is 0 Å². The molecule has 1 N–H and O–H groups in total. The minimum atomic E-state index is -0.147. The number of furan rings is 1. The first kappa shape index (κ1) is 17.8. The number of ketones is 1. The number of amides is 1. The molecule has 128 valence electrons. The molecule has 1 unspecified atom stereocenters. The Bertz CT molecular complexity index is 688. The zero-order valence-electron chi connectivity index (χ0n) is 14.3. The molecule has 5 nitrogen and oxygen atoms in total. The van der Waals surface area contributed by atoms with E-state index in [9.17, 15) is 9.59 Å². The summed E-state index contributed by atoms with van der Waals surface area (Å²) in [5, 5.41) is 2.90. The molecule has 2 rings (SSSR count). The predicted molar refractivity (Wildman–Crippen MR) is 91.2 cm³/mol.